The van der Waals surface area contributed by atoms with E-state index in [9.17, 15) is 9.59 Å². The van der Waals surface area contributed by atoms with E-state index in [1.165, 1.54) is 11.3 Å². The molecule has 3 aromatic carbocycles. The van der Waals surface area contributed by atoms with Gasteiger partial charge in [0.2, 0.25) is 0 Å². The van der Waals surface area contributed by atoms with Crippen LogP contribution in [-0.4, -0.2) is 23.8 Å². The molecule has 10 heteroatoms. The molecule has 2 heterocycles. The Balaban J connectivity index is 1.64. The molecular weight excluding hydrogens is 640 g/mol. The van der Waals surface area contributed by atoms with Gasteiger partial charge in [-0.3, -0.25) is 9.36 Å². The van der Waals surface area contributed by atoms with Crippen LogP contribution in [0, 0.1) is 0 Å². The molecule has 1 aromatic heterocycles. The largest absolute Gasteiger partial charge is 0.494 e. The molecule has 0 spiro atoms. The molecule has 42 heavy (non-hydrogen) atoms. The number of rotatable bonds is 9. The van der Waals surface area contributed by atoms with Crippen LogP contribution in [0.2, 0.25) is 5.02 Å². The van der Waals surface area contributed by atoms with E-state index in [0.29, 0.717) is 60.4 Å². The van der Waals surface area contributed by atoms with E-state index in [2.05, 4.69) is 20.9 Å². The van der Waals surface area contributed by atoms with Crippen LogP contribution in [0.25, 0.3) is 6.08 Å². The van der Waals surface area contributed by atoms with Crippen LogP contribution in [0.4, 0.5) is 0 Å². The number of carbonyl (C=O) groups excluding carboxylic acids is 1. The molecule has 216 valence electrons. The summed E-state index contributed by atoms with van der Waals surface area (Å²) in [5, 5.41) is 0.487. The fourth-order valence-electron chi connectivity index (χ4n) is 4.73. The summed E-state index contributed by atoms with van der Waals surface area (Å²) in [7, 11) is 0. The number of thiazole rings is 1. The third-order valence-corrected chi connectivity index (χ3v) is 8.36. The van der Waals surface area contributed by atoms with E-state index in [-0.39, 0.29) is 12.2 Å². The fraction of sp³-hybridized carbons (Fsp3) is 0.219. The lowest BCUT2D eigenvalue weighted by Gasteiger charge is -2.24. The van der Waals surface area contributed by atoms with Crippen LogP contribution in [0.1, 0.15) is 43.5 Å². The van der Waals surface area contributed by atoms with Gasteiger partial charge in [-0.25, -0.2) is 9.79 Å². The predicted molar refractivity (Wildman–Crippen MR) is 168 cm³/mol. The van der Waals surface area contributed by atoms with Crippen LogP contribution in [0.5, 0.6) is 11.5 Å². The van der Waals surface area contributed by atoms with Crippen molar-refractivity contribution in [3.63, 3.8) is 0 Å². The molecule has 1 aliphatic heterocycles. The summed E-state index contributed by atoms with van der Waals surface area (Å²) in [6.07, 6.45) is 1.75. The Bertz CT molecular complexity index is 1830. The molecule has 0 saturated heterocycles. The first kappa shape index (κ1) is 29.8. The van der Waals surface area contributed by atoms with Crippen molar-refractivity contribution in [1.29, 1.82) is 0 Å². The Labute approximate surface area is 260 Å². The second-order valence-electron chi connectivity index (χ2n) is 9.38. The predicted octanol–water partition coefficient (Wildman–Crippen LogP) is 6.19. The van der Waals surface area contributed by atoms with Gasteiger partial charge in [-0.05, 0) is 78.2 Å². The number of nitrogens with zero attached hydrogens (tertiary/aromatic N) is 2. The summed E-state index contributed by atoms with van der Waals surface area (Å²) in [6.45, 7) is 6.48. The summed E-state index contributed by atoms with van der Waals surface area (Å²) >= 11 is 11.2. The highest BCUT2D eigenvalue weighted by atomic mass is 79.9. The molecule has 0 saturated carbocycles. The van der Waals surface area contributed by atoms with E-state index in [1.54, 1.807) is 36.6 Å². The number of aromatic nitrogens is 1. The van der Waals surface area contributed by atoms with Crippen molar-refractivity contribution < 1.29 is 19.0 Å². The van der Waals surface area contributed by atoms with Gasteiger partial charge in [-0.1, -0.05) is 65.4 Å². The van der Waals surface area contributed by atoms with Crippen LogP contribution in [0.15, 0.2) is 92.3 Å². The molecule has 0 fully saturated rings. The first-order valence-corrected chi connectivity index (χ1v) is 15.4. The van der Waals surface area contributed by atoms with Crippen molar-refractivity contribution in [3.8, 4) is 11.5 Å². The number of halogens is 2. The molecule has 0 amide bonds. The van der Waals surface area contributed by atoms with Gasteiger partial charge in [-0.15, -0.1) is 0 Å². The Morgan fingerprint density at radius 1 is 1.07 bits per heavy atom. The molecule has 1 atom stereocenters. The Kier molecular flexibility index (Phi) is 9.30. The molecule has 5 rings (SSSR count). The Morgan fingerprint density at radius 2 is 1.81 bits per heavy atom. The van der Waals surface area contributed by atoms with Gasteiger partial charge < -0.3 is 14.2 Å². The minimum atomic E-state index is -0.724. The third kappa shape index (κ3) is 6.23. The zero-order valence-electron chi connectivity index (χ0n) is 23.2. The van der Waals surface area contributed by atoms with Crippen LogP contribution >= 0.6 is 38.9 Å². The summed E-state index contributed by atoms with van der Waals surface area (Å²) < 4.78 is 19.8. The number of fused-ring (bicyclic) bond motifs is 1. The van der Waals surface area contributed by atoms with Crippen LogP contribution in [0.3, 0.4) is 0 Å². The topological polar surface area (TPSA) is 79.1 Å². The molecule has 0 unspecified atom stereocenters. The number of hydrogen-bond donors (Lipinski definition) is 0. The number of hydrogen-bond acceptors (Lipinski definition) is 7. The smallest absolute Gasteiger partial charge is 0.338 e. The van der Waals surface area contributed by atoms with Gasteiger partial charge in [0.25, 0.3) is 5.56 Å². The maximum Gasteiger partial charge on any atom is 0.338 e. The highest BCUT2D eigenvalue weighted by Gasteiger charge is 2.33. The molecule has 1 aliphatic rings. The van der Waals surface area contributed by atoms with E-state index < -0.39 is 12.0 Å². The summed E-state index contributed by atoms with van der Waals surface area (Å²) in [4.78, 5) is 32.4. The summed E-state index contributed by atoms with van der Waals surface area (Å²) in [5.74, 6) is 0.740. The molecule has 0 radical (unpaired) electrons. The first-order valence-electron chi connectivity index (χ1n) is 13.4. The number of carbonyl (C=O) groups is 1. The third-order valence-electron chi connectivity index (χ3n) is 6.57. The molecule has 0 aliphatic carbocycles. The van der Waals surface area contributed by atoms with Crippen molar-refractivity contribution in [2.24, 2.45) is 4.99 Å². The molecule has 0 bridgehead atoms. The molecule has 7 nitrogen and oxygen atoms in total. The van der Waals surface area contributed by atoms with Crippen molar-refractivity contribution in [1.82, 2.24) is 4.57 Å². The van der Waals surface area contributed by atoms with Crippen LogP contribution < -0.4 is 24.4 Å². The van der Waals surface area contributed by atoms with Gasteiger partial charge >= 0.3 is 5.97 Å². The molecular formula is C32H28BrClN2O5S. The lowest BCUT2D eigenvalue weighted by atomic mass is 9.96. The number of benzene rings is 3. The monoisotopic (exact) mass is 666 g/mol. The van der Waals surface area contributed by atoms with E-state index in [0.717, 1.165) is 11.1 Å². The Morgan fingerprint density at radius 3 is 2.50 bits per heavy atom. The minimum absolute atomic E-state index is 0.200. The summed E-state index contributed by atoms with van der Waals surface area (Å²) in [6, 6.07) is 19.9. The van der Waals surface area contributed by atoms with Crippen LogP contribution in [-0.2, 0) is 16.1 Å². The van der Waals surface area contributed by atoms with Crippen molar-refractivity contribution in [3.05, 3.63) is 124 Å². The van der Waals surface area contributed by atoms with Gasteiger partial charge in [-0.2, -0.15) is 0 Å². The zero-order chi connectivity index (χ0) is 29.8. The number of esters is 1. The maximum atomic E-state index is 14.1. The van der Waals surface area contributed by atoms with E-state index in [1.807, 2.05) is 61.5 Å². The van der Waals surface area contributed by atoms with E-state index >= 15 is 0 Å². The van der Waals surface area contributed by atoms with Crippen molar-refractivity contribution >= 4 is 50.9 Å². The summed E-state index contributed by atoms with van der Waals surface area (Å²) in [5.41, 5.74) is 2.89. The highest BCUT2D eigenvalue weighted by molar-refractivity contribution is 9.10. The fourth-order valence-corrected chi connectivity index (χ4v) is 6.72. The SMILES string of the molecule is CCOC(=O)C1=C(C)N=c2s/c(=C\c3cc(Cl)cc(Br)c3OCc3ccccc3)c(=O)n2[C@H]1c1ccc(OCC)cc1. The maximum absolute atomic E-state index is 14.1. The van der Waals surface area contributed by atoms with Gasteiger partial charge in [0.1, 0.15) is 18.1 Å². The molecule has 0 N–H and O–H groups in total. The lowest BCUT2D eigenvalue weighted by molar-refractivity contribution is -0.139. The van der Waals surface area contributed by atoms with Gasteiger partial charge in [0.05, 0.1) is 39.5 Å². The van der Waals surface area contributed by atoms with E-state index in [4.69, 9.17) is 25.8 Å². The van der Waals surface area contributed by atoms with Gasteiger partial charge in [0.15, 0.2) is 4.80 Å². The normalized spacial score (nSPS) is 14.8. The minimum Gasteiger partial charge on any atom is -0.494 e. The van der Waals surface area contributed by atoms with Crippen molar-refractivity contribution in [2.45, 2.75) is 33.4 Å². The zero-order valence-corrected chi connectivity index (χ0v) is 26.4. The Hall–Kier alpha value is -3.66. The van der Waals surface area contributed by atoms with Crippen molar-refractivity contribution in [2.75, 3.05) is 13.2 Å². The second kappa shape index (κ2) is 13.1. The lowest BCUT2D eigenvalue weighted by Crippen LogP contribution is -2.39. The number of allylic oxidation sites excluding steroid dienone is 1. The highest BCUT2D eigenvalue weighted by Crippen LogP contribution is 2.35. The standard InChI is InChI=1S/C32H28BrClN2O5S/c1-4-39-24-13-11-21(12-14-24)28-27(31(38)40-5-2)19(3)35-32-36(28)30(37)26(42-32)16-22-15-23(34)17-25(33)29(22)41-18-20-9-7-6-8-10-20/h6-17,28H,4-5,18H2,1-3H3/b26-16-/t28-/m0/s1. The second-order valence-corrected chi connectivity index (χ2v) is 11.7. The quantitative estimate of drug-likeness (QED) is 0.199. The van der Waals surface area contributed by atoms with Gasteiger partial charge in [0, 0.05) is 10.6 Å². The average Bonchev–Trinajstić information content (AvgIpc) is 3.27. The molecule has 4 aromatic rings. The average molecular weight is 668 g/mol. The first-order chi connectivity index (χ1) is 20.3. The number of ether oxygens (including phenoxy) is 3.